The van der Waals surface area contributed by atoms with Gasteiger partial charge in [0, 0.05) is 45.0 Å². The van der Waals surface area contributed by atoms with Crippen molar-refractivity contribution in [3.63, 3.8) is 0 Å². The molecule has 0 aliphatic carbocycles. The number of rotatable bonds is 9. The molecule has 0 unspecified atom stereocenters. The second kappa shape index (κ2) is 8.82. The van der Waals surface area contributed by atoms with Crippen molar-refractivity contribution in [3.8, 4) is 0 Å². The molecule has 1 rings (SSSR count). The third-order valence-corrected chi connectivity index (χ3v) is 4.27. The average Bonchev–Trinajstić information content (AvgIpc) is 2.43. The molecule has 0 saturated carbocycles. The van der Waals surface area contributed by atoms with Crippen molar-refractivity contribution in [1.82, 2.24) is 19.5 Å². The number of nitrogens with one attached hydrogen (secondary N) is 1. The Kier molecular flexibility index (Phi) is 7.43. The second-order valence-corrected chi connectivity index (χ2v) is 7.34. The number of hydrogen-bond donors (Lipinski definition) is 1. The third-order valence-electron chi connectivity index (χ3n) is 3.02. The molecule has 22 heavy (non-hydrogen) atoms. The molecule has 1 aromatic heterocycles. The van der Waals surface area contributed by atoms with E-state index in [1.807, 2.05) is 25.1 Å². The van der Waals surface area contributed by atoms with E-state index in [1.54, 1.807) is 18.5 Å². The number of amides is 1. The first-order valence-electron chi connectivity index (χ1n) is 7.04. The number of hydrogen-bond acceptors (Lipinski definition) is 5. The first-order chi connectivity index (χ1) is 10.3. The molecule has 1 amide bonds. The summed E-state index contributed by atoms with van der Waals surface area (Å²) in [4.78, 5) is 17.7. The highest BCUT2D eigenvalue weighted by atomic mass is 32.2. The van der Waals surface area contributed by atoms with E-state index in [4.69, 9.17) is 0 Å². The van der Waals surface area contributed by atoms with Crippen molar-refractivity contribution in [2.75, 3.05) is 40.0 Å². The van der Waals surface area contributed by atoms with E-state index in [0.717, 1.165) is 18.4 Å². The first-order valence-corrected chi connectivity index (χ1v) is 8.89. The van der Waals surface area contributed by atoms with Crippen LogP contribution in [0.5, 0.6) is 0 Å². The topological polar surface area (TPSA) is 82.6 Å². The van der Waals surface area contributed by atoms with Crippen molar-refractivity contribution in [2.24, 2.45) is 0 Å². The average molecular weight is 328 g/mol. The van der Waals surface area contributed by atoms with Crippen molar-refractivity contribution in [3.05, 3.63) is 30.1 Å². The Labute approximate surface area is 132 Å². The number of aromatic nitrogens is 1. The largest absolute Gasteiger partial charge is 0.355 e. The molecule has 124 valence electrons. The number of pyridine rings is 1. The summed E-state index contributed by atoms with van der Waals surface area (Å²) in [5, 5.41) is 2.77. The SMILES string of the molecule is CN(C)CCNC(=O)CCN(Cc1cccnc1)S(C)(=O)=O. The Balaban J connectivity index is 2.51. The summed E-state index contributed by atoms with van der Waals surface area (Å²) in [6, 6.07) is 3.56. The van der Waals surface area contributed by atoms with E-state index in [2.05, 4.69) is 10.3 Å². The standard InChI is InChI=1S/C14H24N4O3S/c1-17(2)10-8-16-14(19)6-9-18(22(3,20)21)12-13-5-4-7-15-11-13/h4-5,7,11H,6,8-10,12H2,1-3H3,(H,16,19). The minimum absolute atomic E-state index is 0.140. The molecule has 0 bridgehead atoms. The summed E-state index contributed by atoms with van der Waals surface area (Å²) in [6.45, 7) is 1.67. The van der Waals surface area contributed by atoms with Crippen LogP contribution in [0, 0.1) is 0 Å². The maximum absolute atomic E-state index is 11.8. The molecule has 8 heteroatoms. The van der Waals surface area contributed by atoms with E-state index >= 15 is 0 Å². The van der Waals surface area contributed by atoms with Gasteiger partial charge in [0.15, 0.2) is 0 Å². The summed E-state index contributed by atoms with van der Waals surface area (Å²) in [5.74, 6) is -0.151. The van der Waals surface area contributed by atoms with Gasteiger partial charge in [-0.2, -0.15) is 4.31 Å². The Morgan fingerprint density at radius 3 is 2.59 bits per heavy atom. The predicted octanol–water partition coefficient (Wildman–Crippen LogP) is -0.0889. The van der Waals surface area contributed by atoms with Crippen molar-refractivity contribution < 1.29 is 13.2 Å². The van der Waals surface area contributed by atoms with Crippen LogP contribution in [0.4, 0.5) is 0 Å². The van der Waals surface area contributed by atoms with Crippen LogP contribution >= 0.6 is 0 Å². The Morgan fingerprint density at radius 1 is 1.32 bits per heavy atom. The van der Waals surface area contributed by atoms with Crippen LogP contribution in [-0.2, 0) is 21.4 Å². The van der Waals surface area contributed by atoms with Gasteiger partial charge >= 0.3 is 0 Å². The van der Waals surface area contributed by atoms with E-state index < -0.39 is 10.0 Å². The van der Waals surface area contributed by atoms with Gasteiger partial charge in [0.2, 0.25) is 15.9 Å². The maximum Gasteiger partial charge on any atom is 0.221 e. The van der Waals surface area contributed by atoms with Crippen LogP contribution in [0.2, 0.25) is 0 Å². The molecule has 0 saturated heterocycles. The van der Waals surface area contributed by atoms with Gasteiger partial charge in [-0.25, -0.2) is 8.42 Å². The fourth-order valence-electron chi connectivity index (χ4n) is 1.79. The van der Waals surface area contributed by atoms with E-state index in [-0.39, 0.29) is 25.4 Å². The smallest absolute Gasteiger partial charge is 0.221 e. The van der Waals surface area contributed by atoms with Gasteiger partial charge in [-0.3, -0.25) is 9.78 Å². The molecule has 0 aromatic carbocycles. The summed E-state index contributed by atoms with van der Waals surface area (Å²) < 4.78 is 24.9. The lowest BCUT2D eigenvalue weighted by molar-refractivity contribution is -0.121. The highest BCUT2D eigenvalue weighted by molar-refractivity contribution is 7.88. The lowest BCUT2D eigenvalue weighted by atomic mass is 10.3. The zero-order valence-electron chi connectivity index (χ0n) is 13.3. The van der Waals surface area contributed by atoms with E-state index in [9.17, 15) is 13.2 Å². The number of carbonyl (C=O) groups excluding carboxylic acids is 1. The zero-order chi connectivity index (χ0) is 16.6. The molecule has 0 radical (unpaired) electrons. The number of likely N-dealkylation sites (N-methyl/N-ethyl adjacent to an activating group) is 1. The van der Waals surface area contributed by atoms with Gasteiger partial charge in [0.05, 0.1) is 6.26 Å². The fraction of sp³-hybridized carbons (Fsp3) is 0.571. The maximum atomic E-state index is 11.8. The van der Waals surface area contributed by atoms with Crippen LogP contribution in [0.3, 0.4) is 0 Å². The molecular weight excluding hydrogens is 304 g/mol. The lowest BCUT2D eigenvalue weighted by Crippen LogP contribution is -2.36. The van der Waals surface area contributed by atoms with Gasteiger partial charge in [-0.15, -0.1) is 0 Å². The lowest BCUT2D eigenvalue weighted by Gasteiger charge is -2.19. The van der Waals surface area contributed by atoms with Gasteiger partial charge in [0.1, 0.15) is 0 Å². The van der Waals surface area contributed by atoms with Crippen molar-refractivity contribution >= 4 is 15.9 Å². The minimum atomic E-state index is -3.38. The molecule has 0 atom stereocenters. The molecular formula is C14H24N4O3S. The van der Waals surface area contributed by atoms with Gasteiger partial charge in [-0.05, 0) is 25.7 Å². The predicted molar refractivity (Wildman–Crippen MR) is 85.7 cm³/mol. The molecule has 0 spiro atoms. The van der Waals surface area contributed by atoms with Crippen molar-refractivity contribution in [1.29, 1.82) is 0 Å². The zero-order valence-corrected chi connectivity index (χ0v) is 14.1. The summed E-state index contributed by atoms with van der Waals surface area (Å²) in [7, 11) is 0.469. The number of sulfonamides is 1. The monoisotopic (exact) mass is 328 g/mol. The summed E-state index contributed by atoms with van der Waals surface area (Å²) in [5.41, 5.74) is 0.793. The molecule has 0 fully saturated rings. The van der Waals surface area contributed by atoms with E-state index in [1.165, 1.54) is 4.31 Å². The molecule has 7 nitrogen and oxygen atoms in total. The highest BCUT2D eigenvalue weighted by Crippen LogP contribution is 2.08. The minimum Gasteiger partial charge on any atom is -0.355 e. The van der Waals surface area contributed by atoms with Gasteiger partial charge in [-0.1, -0.05) is 6.07 Å². The normalized spacial score (nSPS) is 11.9. The van der Waals surface area contributed by atoms with Crippen LogP contribution in [0.25, 0.3) is 0 Å². The summed E-state index contributed by atoms with van der Waals surface area (Å²) >= 11 is 0. The Hall–Kier alpha value is -1.51. The number of nitrogens with zero attached hydrogens (tertiary/aromatic N) is 3. The Morgan fingerprint density at radius 2 is 2.05 bits per heavy atom. The first kappa shape index (κ1) is 18.5. The second-order valence-electron chi connectivity index (χ2n) is 5.36. The highest BCUT2D eigenvalue weighted by Gasteiger charge is 2.18. The quantitative estimate of drug-likeness (QED) is 0.685. The molecule has 1 aromatic rings. The van der Waals surface area contributed by atoms with E-state index in [0.29, 0.717) is 6.54 Å². The van der Waals surface area contributed by atoms with Crippen molar-refractivity contribution in [2.45, 2.75) is 13.0 Å². The summed E-state index contributed by atoms with van der Waals surface area (Å²) in [6.07, 6.45) is 4.54. The van der Waals surface area contributed by atoms with Crippen LogP contribution in [0.1, 0.15) is 12.0 Å². The molecule has 0 aliphatic heterocycles. The molecule has 1 N–H and O–H groups in total. The molecule has 0 aliphatic rings. The van der Waals surface area contributed by atoms with Gasteiger partial charge in [0.25, 0.3) is 0 Å². The van der Waals surface area contributed by atoms with Gasteiger partial charge < -0.3 is 10.2 Å². The molecule has 1 heterocycles. The number of carbonyl (C=O) groups is 1. The fourth-order valence-corrected chi connectivity index (χ4v) is 2.60. The Bertz CT molecular complexity index is 561. The van der Waals surface area contributed by atoms with Crippen LogP contribution in [0.15, 0.2) is 24.5 Å². The third kappa shape index (κ3) is 7.48. The van der Waals surface area contributed by atoms with Crippen LogP contribution in [-0.4, -0.2) is 68.5 Å². The van der Waals surface area contributed by atoms with Crippen LogP contribution < -0.4 is 5.32 Å².